The van der Waals surface area contributed by atoms with Crippen molar-refractivity contribution in [1.82, 2.24) is 9.97 Å². The van der Waals surface area contributed by atoms with Crippen LogP contribution in [0.2, 0.25) is 19.6 Å². The van der Waals surface area contributed by atoms with Gasteiger partial charge in [0, 0.05) is 37.9 Å². The summed E-state index contributed by atoms with van der Waals surface area (Å²) in [5.74, 6) is 2.43. The summed E-state index contributed by atoms with van der Waals surface area (Å²) in [6.07, 6.45) is 26.0. The van der Waals surface area contributed by atoms with Crippen molar-refractivity contribution >= 4 is 35.2 Å². The number of pyridine rings is 2. The molecule has 3 aliphatic carbocycles. The summed E-state index contributed by atoms with van der Waals surface area (Å²) in [5, 5.41) is 3.81. The van der Waals surface area contributed by atoms with Gasteiger partial charge in [-0.1, -0.05) is 192 Å². The van der Waals surface area contributed by atoms with Crippen LogP contribution in [0.15, 0.2) is 114 Å². The van der Waals surface area contributed by atoms with E-state index in [4.69, 9.17) is 9.40 Å². The predicted molar refractivity (Wildman–Crippen MR) is 254 cm³/mol. The maximum Gasteiger partial charge on any atom is 0.121 e. The summed E-state index contributed by atoms with van der Waals surface area (Å²) in [5.41, 5.74) is 12.7. The molecule has 61 heavy (non-hydrogen) atoms. The molecule has 0 bridgehead atoms. The van der Waals surface area contributed by atoms with Crippen molar-refractivity contribution in [3.05, 3.63) is 138 Å². The third-order valence-electron chi connectivity index (χ3n) is 13.8. The van der Waals surface area contributed by atoms with E-state index in [1.54, 1.807) is 10.8 Å². The minimum Gasteiger partial charge on any atom is -0.501 e. The molecule has 0 amide bonds. The zero-order valence-corrected chi connectivity index (χ0v) is 40.0. The van der Waals surface area contributed by atoms with Crippen LogP contribution in [-0.2, 0) is 32.9 Å². The van der Waals surface area contributed by atoms with E-state index in [-0.39, 0.29) is 20.1 Å². The second-order valence-corrected chi connectivity index (χ2v) is 24.3. The Balaban J connectivity index is 0.000000166. The molecule has 0 saturated heterocycles. The summed E-state index contributed by atoms with van der Waals surface area (Å²) in [6, 6.07) is 41.6. The monoisotopic (exact) mass is 999 g/mol. The van der Waals surface area contributed by atoms with Crippen LogP contribution < -0.4 is 5.19 Å². The molecular formula is C56H62IrN2OSi-2. The smallest absolute Gasteiger partial charge is 0.121 e. The SMILES string of the molecule is C[Si](C)(C)c1cnc(-c2[c-]cc(C3CCCCC3)cc2)cc1CC1CCCCC1.[Ir].[c-]1ccc2c(oc3cc(-c4ccccc4)ccc32)c1-c1cc(CC2CCCC2)ccn1. The van der Waals surface area contributed by atoms with Crippen LogP contribution in [0.25, 0.3) is 55.6 Å². The Hall–Kier alpha value is -4.15. The van der Waals surface area contributed by atoms with Gasteiger partial charge < -0.3 is 14.4 Å². The van der Waals surface area contributed by atoms with Crippen LogP contribution in [0, 0.1) is 24.0 Å². The fourth-order valence-corrected chi connectivity index (χ4v) is 12.1. The number of rotatable bonds is 9. The topological polar surface area (TPSA) is 38.9 Å². The fourth-order valence-electron chi connectivity index (χ4n) is 10.5. The number of nitrogens with zero attached hydrogens (tertiary/aromatic N) is 2. The van der Waals surface area contributed by atoms with Gasteiger partial charge in [0.25, 0.3) is 0 Å². The third kappa shape index (κ3) is 10.4. The van der Waals surface area contributed by atoms with Crippen LogP contribution >= 0.6 is 0 Å². The number of benzene rings is 4. The van der Waals surface area contributed by atoms with Crippen molar-refractivity contribution in [2.75, 3.05) is 0 Å². The molecule has 0 spiro atoms. The zero-order chi connectivity index (χ0) is 40.9. The molecule has 3 nitrogen and oxygen atoms in total. The quantitative estimate of drug-likeness (QED) is 0.107. The normalized spacial score (nSPS) is 16.6. The molecule has 7 aromatic rings. The van der Waals surface area contributed by atoms with E-state index in [1.165, 1.54) is 113 Å². The van der Waals surface area contributed by atoms with Crippen molar-refractivity contribution in [3.8, 4) is 33.6 Å². The molecule has 1 radical (unpaired) electrons. The molecule has 0 atom stereocenters. The van der Waals surface area contributed by atoms with E-state index >= 15 is 0 Å². The number of aromatic nitrogens is 2. The number of fused-ring (bicyclic) bond motifs is 3. The van der Waals surface area contributed by atoms with Crippen molar-refractivity contribution in [1.29, 1.82) is 0 Å². The van der Waals surface area contributed by atoms with E-state index in [2.05, 4.69) is 128 Å². The van der Waals surface area contributed by atoms with Gasteiger partial charge in [-0.05, 0) is 64.5 Å². The summed E-state index contributed by atoms with van der Waals surface area (Å²) < 4.78 is 6.40. The van der Waals surface area contributed by atoms with Gasteiger partial charge in [0.1, 0.15) is 5.58 Å². The van der Waals surface area contributed by atoms with Crippen molar-refractivity contribution < 1.29 is 24.5 Å². The van der Waals surface area contributed by atoms with Gasteiger partial charge in [0.15, 0.2) is 0 Å². The maximum absolute atomic E-state index is 6.40. The van der Waals surface area contributed by atoms with Gasteiger partial charge >= 0.3 is 0 Å². The second kappa shape index (κ2) is 19.9. The second-order valence-electron chi connectivity index (χ2n) is 19.2. The van der Waals surface area contributed by atoms with E-state index < -0.39 is 8.07 Å². The molecule has 0 N–H and O–H groups in total. The first kappa shape index (κ1) is 43.5. The first-order valence-electron chi connectivity index (χ1n) is 23.2. The Labute approximate surface area is 379 Å². The van der Waals surface area contributed by atoms with E-state index in [0.717, 1.165) is 74.2 Å². The molecule has 317 valence electrons. The summed E-state index contributed by atoms with van der Waals surface area (Å²) in [6.45, 7) is 7.37. The van der Waals surface area contributed by atoms with Gasteiger partial charge in [-0.3, -0.25) is 0 Å². The summed E-state index contributed by atoms with van der Waals surface area (Å²) in [4.78, 5) is 9.59. The van der Waals surface area contributed by atoms with Gasteiger partial charge in [-0.15, -0.1) is 53.6 Å². The standard InChI is InChI=1S/C29H24NO.C27H38NSi.Ir/c1-2-9-22(10-3-1)23-13-14-24-25-11-6-12-26(29(25)31-28(24)19-23)27-18-21(15-16-30-27)17-20-7-4-5-8-20;1-29(2,3)27-20-28-26(19-25(27)18-21-10-6-4-7-11-21)24-16-14-23(15-17-24)22-12-8-5-9-13-22;/h1-3,6,9-11,13-16,18-20H,4-5,7-8,17H2;14-16,19-22H,4-13,18H2,1-3H3;/q2*-1;. The van der Waals surface area contributed by atoms with Crippen molar-refractivity contribution in [2.45, 2.75) is 128 Å². The molecule has 3 heterocycles. The molecule has 10 rings (SSSR count). The van der Waals surface area contributed by atoms with Gasteiger partial charge in [-0.25, -0.2) is 0 Å². The molecule has 3 fully saturated rings. The zero-order valence-electron chi connectivity index (χ0n) is 36.6. The van der Waals surface area contributed by atoms with Gasteiger partial charge in [-0.2, -0.15) is 0 Å². The maximum atomic E-state index is 6.40. The average Bonchev–Trinajstić information content (AvgIpc) is 3.95. The van der Waals surface area contributed by atoms with Crippen LogP contribution in [0.5, 0.6) is 0 Å². The Bertz CT molecular complexity index is 2500. The Morgan fingerprint density at radius 2 is 1.36 bits per heavy atom. The Morgan fingerprint density at radius 1 is 0.639 bits per heavy atom. The fraction of sp³-hybridized carbons (Fsp3) is 0.393. The molecule has 3 saturated carbocycles. The predicted octanol–water partition coefficient (Wildman–Crippen LogP) is 15.1. The molecule has 5 heteroatoms. The van der Waals surface area contributed by atoms with Crippen molar-refractivity contribution in [3.63, 3.8) is 0 Å². The Morgan fingerprint density at radius 3 is 2.08 bits per heavy atom. The van der Waals surface area contributed by atoms with E-state index in [9.17, 15) is 0 Å². The number of hydrogen-bond donors (Lipinski definition) is 0. The van der Waals surface area contributed by atoms with E-state index in [0.29, 0.717) is 0 Å². The molecule has 4 aromatic carbocycles. The van der Waals surface area contributed by atoms with Crippen LogP contribution in [0.3, 0.4) is 0 Å². The summed E-state index contributed by atoms with van der Waals surface area (Å²) >= 11 is 0. The van der Waals surface area contributed by atoms with Crippen LogP contribution in [0.1, 0.15) is 112 Å². The van der Waals surface area contributed by atoms with Gasteiger partial charge in [0.05, 0.1) is 13.7 Å². The first-order valence-corrected chi connectivity index (χ1v) is 26.7. The van der Waals surface area contributed by atoms with E-state index in [1.807, 2.05) is 18.3 Å². The molecule has 0 unspecified atom stereocenters. The minimum absolute atomic E-state index is 0. The van der Waals surface area contributed by atoms with Crippen molar-refractivity contribution in [2.24, 2.45) is 11.8 Å². The Kier molecular flexibility index (Phi) is 14.2. The third-order valence-corrected chi connectivity index (χ3v) is 15.9. The minimum atomic E-state index is -1.39. The molecule has 0 aliphatic heterocycles. The first-order chi connectivity index (χ1) is 29.4. The summed E-state index contributed by atoms with van der Waals surface area (Å²) in [7, 11) is -1.39. The molecule has 3 aliphatic rings. The van der Waals surface area contributed by atoms with Gasteiger partial charge in [0.2, 0.25) is 0 Å². The number of furan rings is 1. The molecule has 3 aromatic heterocycles. The molecular weight excluding hydrogens is 937 g/mol. The van der Waals surface area contributed by atoms with Crippen LogP contribution in [-0.4, -0.2) is 18.0 Å². The largest absolute Gasteiger partial charge is 0.501 e. The average molecular weight is 999 g/mol. The van der Waals surface area contributed by atoms with Crippen LogP contribution in [0.4, 0.5) is 0 Å². The number of hydrogen-bond acceptors (Lipinski definition) is 3.